The highest BCUT2D eigenvalue weighted by Crippen LogP contribution is 2.27. The zero-order valence-electron chi connectivity index (χ0n) is 15.8. The lowest BCUT2D eigenvalue weighted by atomic mass is 9.86. The van der Waals surface area contributed by atoms with E-state index in [2.05, 4.69) is 16.0 Å². The number of rotatable bonds is 7. The average Bonchev–Trinajstić information content (AvgIpc) is 2.67. The monoisotopic (exact) mass is 397 g/mol. The first-order valence-corrected chi connectivity index (χ1v) is 10.2. The number of aryl methyl sites for hydroxylation is 1. The lowest BCUT2D eigenvalue weighted by molar-refractivity contribution is -0.127. The lowest BCUT2D eigenvalue weighted by Crippen LogP contribution is -2.43. The van der Waals surface area contributed by atoms with Crippen LogP contribution in [-0.2, 0) is 23.7 Å². The Hall–Kier alpha value is -2.10. The number of thioether (sulfide) groups is 1. The van der Waals surface area contributed by atoms with Crippen molar-refractivity contribution in [2.24, 2.45) is 20.0 Å². The summed E-state index contributed by atoms with van der Waals surface area (Å²) in [5.41, 5.74) is 3.64. The summed E-state index contributed by atoms with van der Waals surface area (Å²) < 4.78 is 1.97. The van der Waals surface area contributed by atoms with Crippen LogP contribution < -0.4 is 22.1 Å². The van der Waals surface area contributed by atoms with Gasteiger partial charge in [0.05, 0.1) is 5.75 Å². The largest absolute Gasteiger partial charge is 0.346 e. The Morgan fingerprint density at radius 1 is 1.11 bits per heavy atom. The number of nitrogens with one attached hydrogen (secondary N) is 2. The molecule has 10 heteroatoms. The van der Waals surface area contributed by atoms with E-state index in [1.807, 2.05) is 0 Å². The molecule has 0 aliphatic heterocycles. The lowest BCUT2D eigenvalue weighted by Gasteiger charge is -2.21. The fourth-order valence-corrected chi connectivity index (χ4v) is 3.94. The molecule has 1 aromatic rings. The van der Waals surface area contributed by atoms with Crippen molar-refractivity contribution < 1.29 is 9.59 Å². The summed E-state index contributed by atoms with van der Waals surface area (Å²) in [6.07, 6.45) is 8.67. The second-order valence-electron chi connectivity index (χ2n) is 6.86. The van der Waals surface area contributed by atoms with Crippen molar-refractivity contribution in [1.29, 1.82) is 0 Å². The molecule has 0 unspecified atom stereocenters. The van der Waals surface area contributed by atoms with Gasteiger partial charge in [0.2, 0.25) is 11.8 Å². The fourth-order valence-electron chi connectivity index (χ4n) is 3.16. The second kappa shape index (κ2) is 10.3. The molecule has 1 fully saturated rings. The summed E-state index contributed by atoms with van der Waals surface area (Å²) in [5.74, 6) is -0.0314. The van der Waals surface area contributed by atoms with Crippen molar-refractivity contribution in [2.45, 2.75) is 56.4 Å². The van der Waals surface area contributed by atoms with Crippen molar-refractivity contribution in [2.75, 3.05) is 5.75 Å². The van der Waals surface area contributed by atoms with Crippen molar-refractivity contribution >= 4 is 23.6 Å². The van der Waals surface area contributed by atoms with Crippen LogP contribution in [0.5, 0.6) is 0 Å². The van der Waals surface area contributed by atoms with Gasteiger partial charge in [-0.15, -0.1) is 0 Å². The minimum atomic E-state index is -0.553. The molecule has 0 aromatic carbocycles. The van der Waals surface area contributed by atoms with E-state index in [1.54, 1.807) is 0 Å². The highest BCUT2D eigenvalue weighted by atomic mass is 32.2. The number of hydrogen-bond donors (Lipinski definition) is 2. The maximum Gasteiger partial charge on any atom is 0.346 e. The third-order valence-corrected chi connectivity index (χ3v) is 5.65. The minimum Gasteiger partial charge on any atom is -0.273 e. The molecule has 1 heterocycles. The molecule has 2 N–H and O–H groups in total. The molecule has 9 nitrogen and oxygen atoms in total. The first-order chi connectivity index (χ1) is 12.9. The number of carbonyl (C=O) groups excluding carboxylic acids is 2. The molecule has 0 radical (unpaired) electrons. The number of hydrazine groups is 1. The standard InChI is InChI=1S/C17H27N5O4S/c1-21-16(25)15(20-22(2)17(21)26)27-11-14(24)19-18-13(23)10-6-9-12-7-4-3-5-8-12/h12H,3-11H2,1-2H3,(H,18,23)(H,19,24). The van der Waals surface area contributed by atoms with E-state index in [-0.39, 0.29) is 16.7 Å². The SMILES string of the molecule is Cn1nc(SCC(=O)NNC(=O)CCCC2CCCCC2)c(=O)n(C)c1=O. The van der Waals surface area contributed by atoms with E-state index in [4.69, 9.17) is 0 Å². The van der Waals surface area contributed by atoms with E-state index in [0.717, 1.165) is 39.8 Å². The molecule has 27 heavy (non-hydrogen) atoms. The summed E-state index contributed by atoms with van der Waals surface area (Å²) in [6, 6.07) is 0. The fraction of sp³-hybridized carbons (Fsp3) is 0.706. The van der Waals surface area contributed by atoms with Gasteiger partial charge in [0.25, 0.3) is 5.56 Å². The van der Waals surface area contributed by atoms with Crippen molar-refractivity contribution in [3.05, 3.63) is 20.8 Å². The Bertz CT molecular complexity index is 783. The molecule has 0 spiro atoms. The third-order valence-electron chi connectivity index (χ3n) is 4.71. The first kappa shape index (κ1) is 21.2. The maximum atomic E-state index is 11.9. The minimum absolute atomic E-state index is 0.0496. The Morgan fingerprint density at radius 2 is 1.78 bits per heavy atom. The van der Waals surface area contributed by atoms with Crippen LogP contribution in [0.1, 0.15) is 51.4 Å². The summed E-state index contributed by atoms with van der Waals surface area (Å²) in [7, 11) is 2.78. The van der Waals surface area contributed by atoms with Gasteiger partial charge in [0.15, 0.2) is 5.03 Å². The van der Waals surface area contributed by atoms with Gasteiger partial charge in [-0.2, -0.15) is 5.10 Å². The highest BCUT2D eigenvalue weighted by molar-refractivity contribution is 7.99. The summed E-state index contributed by atoms with van der Waals surface area (Å²) in [5, 5.41) is 3.90. The number of carbonyl (C=O) groups is 2. The third kappa shape index (κ3) is 6.53. The molecular formula is C17H27N5O4S. The molecular weight excluding hydrogens is 370 g/mol. The smallest absolute Gasteiger partial charge is 0.273 e. The first-order valence-electron chi connectivity index (χ1n) is 9.23. The van der Waals surface area contributed by atoms with E-state index >= 15 is 0 Å². The van der Waals surface area contributed by atoms with Gasteiger partial charge in [0.1, 0.15) is 0 Å². The normalized spacial score (nSPS) is 14.7. The molecule has 0 bridgehead atoms. The predicted octanol–water partition coefficient (Wildman–Crippen LogP) is 0.469. The zero-order chi connectivity index (χ0) is 19.8. The quantitative estimate of drug-likeness (QED) is 0.510. The van der Waals surface area contributed by atoms with Gasteiger partial charge in [0, 0.05) is 20.5 Å². The maximum absolute atomic E-state index is 11.9. The topological polar surface area (TPSA) is 115 Å². The van der Waals surface area contributed by atoms with Gasteiger partial charge in [-0.1, -0.05) is 43.9 Å². The summed E-state index contributed by atoms with van der Waals surface area (Å²) >= 11 is 0.913. The molecule has 0 atom stereocenters. The number of aromatic nitrogens is 3. The van der Waals surface area contributed by atoms with Crippen LogP contribution in [0.4, 0.5) is 0 Å². The summed E-state index contributed by atoms with van der Waals surface area (Å²) in [6.45, 7) is 0. The van der Waals surface area contributed by atoms with E-state index in [0.29, 0.717) is 6.42 Å². The Morgan fingerprint density at radius 3 is 2.48 bits per heavy atom. The van der Waals surface area contributed by atoms with Crippen LogP contribution in [0.2, 0.25) is 0 Å². The van der Waals surface area contributed by atoms with Gasteiger partial charge >= 0.3 is 5.69 Å². The zero-order valence-corrected chi connectivity index (χ0v) is 16.6. The van der Waals surface area contributed by atoms with Crippen LogP contribution in [0.25, 0.3) is 0 Å². The van der Waals surface area contributed by atoms with Crippen LogP contribution in [0.3, 0.4) is 0 Å². The van der Waals surface area contributed by atoms with Crippen LogP contribution >= 0.6 is 11.8 Å². The average molecular weight is 398 g/mol. The van der Waals surface area contributed by atoms with Crippen LogP contribution in [0.15, 0.2) is 14.6 Å². The molecule has 0 saturated heterocycles. The highest BCUT2D eigenvalue weighted by Gasteiger charge is 2.14. The Balaban J connectivity index is 1.68. The molecule has 1 saturated carbocycles. The molecule has 2 rings (SSSR count). The Labute approximate surface area is 161 Å². The molecule has 2 amide bonds. The van der Waals surface area contributed by atoms with Gasteiger partial charge in [-0.25, -0.2) is 9.48 Å². The van der Waals surface area contributed by atoms with E-state index in [9.17, 15) is 19.2 Å². The second-order valence-corrected chi connectivity index (χ2v) is 7.82. The molecule has 1 aromatic heterocycles. The predicted molar refractivity (Wildman–Crippen MR) is 102 cm³/mol. The number of amides is 2. The number of hydrogen-bond acceptors (Lipinski definition) is 6. The van der Waals surface area contributed by atoms with Gasteiger partial charge in [-0.3, -0.25) is 29.8 Å². The van der Waals surface area contributed by atoms with Crippen LogP contribution in [0, 0.1) is 5.92 Å². The Kier molecular flexibility index (Phi) is 8.08. The van der Waals surface area contributed by atoms with Crippen molar-refractivity contribution in [3.8, 4) is 0 Å². The van der Waals surface area contributed by atoms with Gasteiger partial charge < -0.3 is 0 Å². The van der Waals surface area contributed by atoms with E-state index < -0.39 is 17.2 Å². The van der Waals surface area contributed by atoms with Crippen LogP contribution in [-0.4, -0.2) is 31.9 Å². The molecule has 1 aliphatic carbocycles. The van der Waals surface area contributed by atoms with Crippen molar-refractivity contribution in [3.63, 3.8) is 0 Å². The molecule has 150 valence electrons. The molecule has 1 aliphatic rings. The van der Waals surface area contributed by atoms with E-state index in [1.165, 1.54) is 46.2 Å². The number of nitrogens with zero attached hydrogens (tertiary/aromatic N) is 3. The van der Waals surface area contributed by atoms with Crippen molar-refractivity contribution in [1.82, 2.24) is 25.2 Å². The van der Waals surface area contributed by atoms with Gasteiger partial charge in [-0.05, 0) is 18.8 Å². The summed E-state index contributed by atoms with van der Waals surface area (Å²) in [4.78, 5) is 47.2.